The Bertz CT molecular complexity index is 2170. The number of hydrogen-bond acceptors (Lipinski definition) is 5. The topological polar surface area (TPSA) is 61.5 Å². The van der Waals surface area contributed by atoms with Crippen molar-refractivity contribution in [1.29, 1.82) is 0 Å². The van der Waals surface area contributed by atoms with Crippen LogP contribution >= 0.6 is 0 Å². The maximum absolute atomic E-state index is 6.58. The molecule has 1 atom stereocenters. The number of fused-ring (bicyclic) bond motifs is 3. The van der Waals surface area contributed by atoms with Crippen LogP contribution in [0.25, 0.3) is 38.9 Å². The second-order valence-corrected chi connectivity index (χ2v) is 15.1. The third-order valence-corrected chi connectivity index (χ3v) is 9.05. The number of pyridine rings is 2. The van der Waals surface area contributed by atoms with Gasteiger partial charge in [0.15, 0.2) is 0 Å². The van der Waals surface area contributed by atoms with Gasteiger partial charge in [-0.25, -0.2) is 4.98 Å². The number of nitrogens with zero attached hydrogens (tertiary/aromatic N) is 4. The minimum absolute atomic E-state index is 0. The van der Waals surface area contributed by atoms with Gasteiger partial charge in [0.2, 0.25) is 0 Å². The Morgan fingerprint density at radius 3 is 2.27 bits per heavy atom. The average Bonchev–Trinajstić information content (AvgIpc) is 3.68. The van der Waals surface area contributed by atoms with Gasteiger partial charge in [0.1, 0.15) is 11.7 Å². The van der Waals surface area contributed by atoms with E-state index in [1.807, 2.05) is 42.6 Å². The first kappa shape index (κ1) is 34.6. The predicted molar refractivity (Wildman–Crippen MR) is 195 cm³/mol. The zero-order valence-corrected chi connectivity index (χ0v) is 31.6. The molecule has 0 saturated carbocycles. The summed E-state index contributed by atoms with van der Waals surface area (Å²) in [7, 11) is 0. The summed E-state index contributed by atoms with van der Waals surface area (Å²) >= 11 is 0. The zero-order chi connectivity index (χ0) is 33.8. The quantitative estimate of drug-likeness (QED) is 0.157. The molecule has 252 valence electrons. The van der Waals surface area contributed by atoms with Gasteiger partial charge >= 0.3 is 21.1 Å². The van der Waals surface area contributed by atoms with Crippen molar-refractivity contribution in [2.45, 2.75) is 72.3 Å². The van der Waals surface area contributed by atoms with E-state index < -0.39 is 0 Å². The van der Waals surface area contributed by atoms with Gasteiger partial charge in [-0.3, -0.25) is 9.98 Å². The molecule has 0 N–H and O–H groups in total. The molecule has 0 bridgehead atoms. The summed E-state index contributed by atoms with van der Waals surface area (Å²) in [4.78, 5) is 14.3. The van der Waals surface area contributed by atoms with Gasteiger partial charge in [0, 0.05) is 29.4 Å². The van der Waals surface area contributed by atoms with E-state index in [1.165, 1.54) is 11.1 Å². The molecular formula is C42H42N4O2Pt. The Kier molecular flexibility index (Phi) is 9.32. The maximum atomic E-state index is 6.58. The maximum Gasteiger partial charge on any atom is 2.00 e. The third kappa shape index (κ3) is 6.94. The summed E-state index contributed by atoms with van der Waals surface area (Å²) in [6.45, 7) is 18.3. The standard InChI is InChI=1S/C42H42N4O2.Pt/c1-26(2)36-25-47-40(45-36)28-19-27(35-11-9-10-17-43-35)20-32(21-28)48-31-13-14-33-34-22-29(41(3,4)5)12-15-37(34)46(38(33)24-31)39-23-30(16-18-44-39)42(6,7)8;/h9-20,22-23,26,36H,25H2,1-8H3;/q-2;+2/t36-;/m0./s1. The van der Waals surface area contributed by atoms with Gasteiger partial charge in [0.05, 0.1) is 18.3 Å². The van der Waals surface area contributed by atoms with Gasteiger partial charge in [0.25, 0.3) is 0 Å². The summed E-state index contributed by atoms with van der Waals surface area (Å²) in [5.74, 6) is 2.91. The van der Waals surface area contributed by atoms with Crippen molar-refractivity contribution >= 4 is 27.7 Å². The molecule has 0 fully saturated rings. The fraction of sp³-hybridized carbons (Fsp3) is 0.310. The number of hydrogen-bond donors (Lipinski definition) is 0. The normalized spacial score (nSPS) is 15.0. The molecule has 7 rings (SSSR count). The van der Waals surface area contributed by atoms with Crippen molar-refractivity contribution in [2.75, 3.05) is 6.61 Å². The van der Waals surface area contributed by atoms with Crippen LogP contribution in [-0.4, -0.2) is 33.1 Å². The van der Waals surface area contributed by atoms with E-state index >= 15 is 0 Å². The first-order chi connectivity index (χ1) is 22.8. The SMILES string of the molecule is CC(C)[C@@H]1COC(c2[c-]c(Oc3[c-]c4c(cc3)c3cc(C(C)(C)C)ccc3n4-c3cc(C(C)(C)C)ccn3)cc(-c3ccccn3)c2)=N1.[Pt+2]. The summed E-state index contributed by atoms with van der Waals surface area (Å²) in [5, 5.41) is 2.25. The monoisotopic (exact) mass is 829 g/mol. The first-order valence-corrected chi connectivity index (χ1v) is 16.7. The molecule has 49 heavy (non-hydrogen) atoms. The molecule has 6 nitrogen and oxygen atoms in total. The molecule has 0 amide bonds. The summed E-state index contributed by atoms with van der Waals surface area (Å²) < 4.78 is 14.8. The van der Waals surface area contributed by atoms with Gasteiger partial charge < -0.3 is 14.0 Å². The largest absolute Gasteiger partial charge is 2.00 e. The van der Waals surface area contributed by atoms with Crippen molar-refractivity contribution in [3.05, 3.63) is 114 Å². The Morgan fingerprint density at radius 2 is 1.57 bits per heavy atom. The minimum atomic E-state index is -0.0253. The number of aliphatic imine (C=N–C) groups is 1. The van der Waals surface area contributed by atoms with Crippen LogP contribution in [0.15, 0.2) is 90.2 Å². The van der Waals surface area contributed by atoms with E-state index in [0.717, 1.165) is 44.4 Å². The first-order valence-electron chi connectivity index (χ1n) is 16.7. The van der Waals surface area contributed by atoms with E-state index in [0.29, 0.717) is 29.9 Å². The molecule has 7 heteroatoms. The number of rotatable bonds is 6. The summed E-state index contributed by atoms with van der Waals surface area (Å²) in [6.07, 6.45) is 3.69. The fourth-order valence-electron chi connectivity index (χ4n) is 6.09. The summed E-state index contributed by atoms with van der Waals surface area (Å²) in [6, 6.07) is 32.1. The van der Waals surface area contributed by atoms with Gasteiger partial charge in [-0.15, -0.1) is 23.6 Å². The van der Waals surface area contributed by atoms with E-state index in [-0.39, 0.29) is 37.9 Å². The molecule has 0 unspecified atom stereocenters. The van der Waals surface area contributed by atoms with Crippen LogP contribution in [0.3, 0.4) is 0 Å². The van der Waals surface area contributed by atoms with Crippen LogP contribution in [0.4, 0.5) is 0 Å². The predicted octanol–water partition coefficient (Wildman–Crippen LogP) is 10.0. The van der Waals surface area contributed by atoms with Crippen LogP contribution in [0.1, 0.15) is 72.1 Å². The van der Waals surface area contributed by atoms with E-state index in [9.17, 15) is 0 Å². The van der Waals surface area contributed by atoms with Crippen LogP contribution < -0.4 is 4.74 Å². The third-order valence-electron chi connectivity index (χ3n) is 9.05. The molecule has 1 aliphatic heterocycles. The second kappa shape index (κ2) is 13.2. The molecular weight excluding hydrogens is 788 g/mol. The van der Waals surface area contributed by atoms with Crippen molar-refractivity contribution in [2.24, 2.45) is 10.9 Å². The number of ether oxygens (including phenoxy) is 2. The van der Waals surface area contributed by atoms with Gasteiger partial charge in [-0.2, -0.15) is 6.07 Å². The van der Waals surface area contributed by atoms with Gasteiger partial charge in [-0.05, 0) is 63.6 Å². The molecule has 1 aliphatic rings. The van der Waals surface area contributed by atoms with Crippen LogP contribution in [-0.2, 0) is 36.6 Å². The van der Waals surface area contributed by atoms with Crippen LogP contribution in [0.2, 0.25) is 0 Å². The molecule has 4 heterocycles. The molecule has 0 saturated heterocycles. The van der Waals surface area contributed by atoms with Gasteiger partial charge in [-0.1, -0.05) is 102 Å². The second-order valence-electron chi connectivity index (χ2n) is 15.1. The molecule has 6 aromatic rings. The fourth-order valence-corrected chi connectivity index (χ4v) is 6.09. The molecule has 3 aromatic carbocycles. The van der Waals surface area contributed by atoms with E-state index in [4.69, 9.17) is 19.5 Å². The smallest absolute Gasteiger partial charge is 0.518 e. The van der Waals surface area contributed by atoms with Crippen molar-refractivity contribution in [1.82, 2.24) is 14.5 Å². The van der Waals surface area contributed by atoms with E-state index in [2.05, 4.69) is 113 Å². The molecule has 0 radical (unpaired) electrons. The van der Waals surface area contributed by atoms with E-state index in [1.54, 1.807) is 6.20 Å². The zero-order valence-electron chi connectivity index (χ0n) is 29.4. The summed E-state index contributed by atoms with van der Waals surface area (Å²) in [5.41, 5.74) is 6.91. The molecule has 0 aliphatic carbocycles. The molecule has 0 spiro atoms. The van der Waals surface area contributed by atoms with Crippen LogP contribution in [0, 0.1) is 18.1 Å². The Morgan fingerprint density at radius 1 is 0.796 bits per heavy atom. The van der Waals surface area contributed by atoms with Crippen LogP contribution in [0.5, 0.6) is 11.5 Å². The number of aromatic nitrogens is 3. The Hall–Kier alpha value is -4.28. The van der Waals surface area contributed by atoms with Crippen molar-refractivity contribution in [3.63, 3.8) is 0 Å². The number of benzene rings is 3. The molecule has 3 aromatic heterocycles. The minimum Gasteiger partial charge on any atom is -0.518 e. The Balaban J connectivity index is 0.00000417. The Labute approximate surface area is 303 Å². The average molecular weight is 830 g/mol. The van der Waals surface area contributed by atoms with Crippen molar-refractivity contribution < 1.29 is 30.5 Å². The van der Waals surface area contributed by atoms with Crippen molar-refractivity contribution in [3.8, 4) is 28.6 Å².